The van der Waals surface area contributed by atoms with Gasteiger partial charge < -0.3 is 14.8 Å². The van der Waals surface area contributed by atoms with Gasteiger partial charge in [0.15, 0.2) is 5.82 Å². The lowest BCUT2D eigenvalue weighted by atomic mass is 10.1. The molecule has 1 saturated heterocycles. The maximum atomic E-state index is 12.6. The number of carbonyl (C=O) groups excluding carboxylic acids is 2. The Hall–Kier alpha value is -3.19. The highest BCUT2D eigenvalue weighted by molar-refractivity contribution is 6.30. The largest absolute Gasteiger partial charge is 0.354 e. The van der Waals surface area contributed by atoms with Crippen molar-refractivity contribution in [2.45, 2.75) is 13.0 Å². The third kappa shape index (κ3) is 4.30. The minimum atomic E-state index is -0.365. The SMILES string of the molecule is O=C(NCCn1ccnc1-c1ccccn1)C1CC(=O)N(c2ccc(Cl)cc2)C1. The van der Waals surface area contributed by atoms with Crippen molar-refractivity contribution < 1.29 is 9.59 Å². The Kier molecular flexibility index (Phi) is 5.57. The summed E-state index contributed by atoms with van der Waals surface area (Å²) in [6, 6.07) is 12.7. The molecular weight excluding hydrogens is 390 g/mol. The summed E-state index contributed by atoms with van der Waals surface area (Å²) in [7, 11) is 0. The minimum Gasteiger partial charge on any atom is -0.354 e. The van der Waals surface area contributed by atoms with Crippen LogP contribution in [-0.2, 0) is 16.1 Å². The van der Waals surface area contributed by atoms with E-state index in [-0.39, 0.29) is 24.2 Å². The first-order chi connectivity index (χ1) is 14.1. The number of amides is 2. The first-order valence-corrected chi connectivity index (χ1v) is 9.76. The number of hydrogen-bond donors (Lipinski definition) is 1. The number of benzene rings is 1. The van der Waals surface area contributed by atoms with E-state index in [1.165, 1.54) is 0 Å². The normalized spacial score (nSPS) is 16.2. The zero-order valence-electron chi connectivity index (χ0n) is 15.7. The fourth-order valence-electron chi connectivity index (χ4n) is 3.42. The summed E-state index contributed by atoms with van der Waals surface area (Å²) in [4.78, 5) is 35.2. The molecule has 1 fully saturated rings. The molecule has 0 bridgehead atoms. The minimum absolute atomic E-state index is 0.0560. The van der Waals surface area contributed by atoms with E-state index in [0.717, 1.165) is 17.2 Å². The molecule has 8 heteroatoms. The highest BCUT2D eigenvalue weighted by atomic mass is 35.5. The Labute approximate surface area is 173 Å². The molecule has 4 rings (SSSR count). The average Bonchev–Trinajstić information content (AvgIpc) is 3.36. The highest BCUT2D eigenvalue weighted by Crippen LogP contribution is 2.26. The van der Waals surface area contributed by atoms with Gasteiger partial charge in [0, 0.05) is 55.4 Å². The van der Waals surface area contributed by atoms with Crippen LogP contribution >= 0.6 is 11.6 Å². The van der Waals surface area contributed by atoms with Gasteiger partial charge in [0.05, 0.1) is 5.92 Å². The average molecular weight is 410 g/mol. The van der Waals surface area contributed by atoms with E-state index < -0.39 is 0 Å². The number of imidazole rings is 1. The van der Waals surface area contributed by atoms with Crippen LogP contribution in [0.4, 0.5) is 5.69 Å². The lowest BCUT2D eigenvalue weighted by Crippen LogP contribution is -2.34. The van der Waals surface area contributed by atoms with Crippen molar-refractivity contribution in [3.8, 4) is 11.5 Å². The monoisotopic (exact) mass is 409 g/mol. The standard InChI is InChI=1S/C21H20ClN5O2/c22-16-4-6-17(7-5-16)27-14-15(13-19(27)28)21(29)25-10-12-26-11-9-24-20(26)18-3-1-2-8-23-18/h1-9,11,15H,10,12-14H2,(H,25,29). The van der Waals surface area contributed by atoms with Crippen molar-refractivity contribution in [1.82, 2.24) is 19.9 Å². The van der Waals surface area contributed by atoms with Crippen molar-refractivity contribution in [3.05, 3.63) is 66.1 Å². The molecule has 148 valence electrons. The molecule has 2 aromatic heterocycles. The predicted octanol–water partition coefficient (Wildman–Crippen LogP) is 2.77. The maximum Gasteiger partial charge on any atom is 0.227 e. The fraction of sp³-hybridized carbons (Fsp3) is 0.238. The molecule has 0 radical (unpaired) electrons. The molecule has 3 aromatic rings. The quantitative estimate of drug-likeness (QED) is 0.678. The van der Waals surface area contributed by atoms with Gasteiger partial charge in [-0.3, -0.25) is 14.6 Å². The summed E-state index contributed by atoms with van der Waals surface area (Å²) in [6.45, 7) is 1.39. The second kappa shape index (κ2) is 8.45. The molecule has 0 saturated carbocycles. The molecule has 2 amide bonds. The lowest BCUT2D eigenvalue weighted by Gasteiger charge is -2.17. The smallest absolute Gasteiger partial charge is 0.227 e. The number of hydrogen-bond acceptors (Lipinski definition) is 4. The van der Waals surface area contributed by atoms with Crippen LogP contribution in [0.15, 0.2) is 61.1 Å². The van der Waals surface area contributed by atoms with Crippen LogP contribution in [0.2, 0.25) is 5.02 Å². The molecule has 1 aliphatic heterocycles. The van der Waals surface area contributed by atoms with Gasteiger partial charge in [0.25, 0.3) is 0 Å². The number of rotatable bonds is 6. The number of nitrogens with one attached hydrogen (secondary N) is 1. The van der Waals surface area contributed by atoms with Crippen LogP contribution in [0.5, 0.6) is 0 Å². The number of aromatic nitrogens is 3. The molecule has 1 aliphatic rings. The van der Waals surface area contributed by atoms with Gasteiger partial charge in [-0.1, -0.05) is 17.7 Å². The first kappa shape index (κ1) is 19.1. The van der Waals surface area contributed by atoms with Crippen molar-refractivity contribution >= 4 is 29.1 Å². The highest BCUT2D eigenvalue weighted by Gasteiger charge is 2.34. The Bertz CT molecular complexity index is 1000. The van der Waals surface area contributed by atoms with Gasteiger partial charge in [-0.25, -0.2) is 4.98 Å². The number of anilines is 1. The van der Waals surface area contributed by atoms with Crippen molar-refractivity contribution in [2.24, 2.45) is 5.92 Å². The van der Waals surface area contributed by atoms with E-state index in [4.69, 9.17) is 11.6 Å². The molecule has 1 aromatic carbocycles. The predicted molar refractivity (Wildman–Crippen MR) is 110 cm³/mol. The zero-order chi connectivity index (χ0) is 20.2. The lowest BCUT2D eigenvalue weighted by molar-refractivity contribution is -0.126. The molecule has 0 spiro atoms. The summed E-state index contributed by atoms with van der Waals surface area (Å²) in [5.74, 6) is 0.217. The van der Waals surface area contributed by atoms with Gasteiger partial charge in [0.2, 0.25) is 11.8 Å². The first-order valence-electron chi connectivity index (χ1n) is 9.38. The van der Waals surface area contributed by atoms with Crippen LogP contribution in [0.1, 0.15) is 6.42 Å². The molecule has 1 atom stereocenters. The van der Waals surface area contributed by atoms with E-state index in [9.17, 15) is 9.59 Å². The van der Waals surface area contributed by atoms with E-state index in [2.05, 4.69) is 15.3 Å². The van der Waals surface area contributed by atoms with Crippen LogP contribution in [0.3, 0.4) is 0 Å². The molecule has 0 aliphatic carbocycles. The van der Waals surface area contributed by atoms with Gasteiger partial charge in [-0.2, -0.15) is 0 Å². The molecular formula is C21H20ClN5O2. The summed E-state index contributed by atoms with van der Waals surface area (Å²) in [5, 5.41) is 3.55. The third-order valence-electron chi connectivity index (χ3n) is 4.90. The number of halogens is 1. The Morgan fingerprint density at radius 2 is 1.97 bits per heavy atom. The van der Waals surface area contributed by atoms with Crippen molar-refractivity contribution in [3.63, 3.8) is 0 Å². The summed E-state index contributed by atoms with van der Waals surface area (Å²) in [5.41, 5.74) is 1.54. The second-order valence-corrected chi connectivity index (χ2v) is 7.27. The van der Waals surface area contributed by atoms with Crippen LogP contribution < -0.4 is 10.2 Å². The van der Waals surface area contributed by atoms with E-state index in [0.29, 0.717) is 24.7 Å². The van der Waals surface area contributed by atoms with Crippen LogP contribution in [0, 0.1) is 5.92 Å². The summed E-state index contributed by atoms with van der Waals surface area (Å²) >= 11 is 5.91. The van der Waals surface area contributed by atoms with Gasteiger partial charge in [-0.05, 0) is 36.4 Å². The van der Waals surface area contributed by atoms with E-state index in [1.54, 1.807) is 41.6 Å². The third-order valence-corrected chi connectivity index (χ3v) is 5.15. The molecule has 1 unspecified atom stereocenters. The van der Waals surface area contributed by atoms with E-state index >= 15 is 0 Å². The maximum absolute atomic E-state index is 12.6. The summed E-state index contributed by atoms with van der Waals surface area (Å²) < 4.78 is 1.95. The van der Waals surface area contributed by atoms with Crippen LogP contribution in [0.25, 0.3) is 11.5 Å². The van der Waals surface area contributed by atoms with Crippen molar-refractivity contribution in [1.29, 1.82) is 0 Å². The van der Waals surface area contributed by atoms with Crippen molar-refractivity contribution in [2.75, 3.05) is 18.0 Å². The molecule has 3 heterocycles. The zero-order valence-corrected chi connectivity index (χ0v) is 16.4. The summed E-state index contributed by atoms with van der Waals surface area (Å²) in [6.07, 6.45) is 5.50. The number of pyridine rings is 1. The Morgan fingerprint density at radius 3 is 2.72 bits per heavy atom. The second-order valence-electron chi connectivity index (χ2n) is 6.83. The molecule has 1 N–H and O–H groups in total. The van der Waals surface area contributed by atoms with Gasteiger partial charge >= 0.3 is 0 Å². The van der Waals surface area contributed by atoms with Gasteiger partial charge in [0.1, 0.15) is 5.69 Å². The molecule has 29 heavy (non-hydrogen) atoms. The van der Waals surface area contributed by atoms with Gasteiger partial charge in [-0.15, -0.1) is 0 Å². The Morgan fingerprint density at radius 1 is 1.14 bits per heavy atom. The fourth-order valence-corrected chi connectivity index (χ4v) is 3.54. The van der Waals surface area contributed by atoms with E-state index in [1.807, 2.05) is 29.0 Å². The van der Waals surface area contributed by atoms with Crippen LogP contribution in [-0.4, -0.2) is 39.4 Å². The Balaban J connectivity index is 1.33. The number of carbonyl (C=O) groups is 2. The molecule has 7 nitrogen and oxygen atoms in total. The number of nitrogens with zero attached hydrogens (tertiary/aromatic N) is 4. The topological polar surface area (TPSA) is 80.1 Å².